The van der Waals surface area contributed by atoms with Crippen molar-refractivity contribution < 1.29 is 17.9 Å². The molecule has 2 saturated carbocycles. The van der Waals surface area contributed by atoms with Crippen molar-refractivity contribution in [3.05, 3.63) is 34.5 Å². The van der Waals surface area contributed by atoms with Crippen LogP contribution < -0.4 is 10.1 Å². The summed E-state index contributed by atoms with van der Waals surface area (Å²) in [4.78, 5) is 17.5. The fraction of sp³-hybridized carbons (Fsp3) is 0.600. The Morgan fingerprint density at radius 3 is 2.70 bits per heavy atom. The minimum atomic E-state index is -3.22. The maximum Gasteiger partial charge on any atom is 0.257 e. The standard InChI is InChI=1S/C20H26N2O4S/c1-13(7-10-27(2,24)25)22-19(23)16-12-21-17(14-5-6-14)15-11-20(26-18(15)16)8-3-4-9-20/h7,10,12-14H,3-6,8-9,11H2,1-2H3,(H,22,23)/b10-7+. The summed E-state index contributed by atoms with van der Waals surface area (Å²) < 4.78 is 28.9. The molecule has 1 amide bonds. The number of pyridine rings is 1. The molecule has 1 aliphatic heterocycles. The number of carbonyl (C=O) groups is 1. The summed E-state index contributed by atoms with van der Waals surface area (Å²) in [7, 11) is -3.22. The van der Waals surface area contributed by atoms with E-state index in [1.165, 1.54) is 6.08 Å². The van der Waals surface area contributed by atoms with E-state index in [0.717, 1.165) is 67.9 Å². The number of ether oxygens (including phenoxy) is 1. The van der Waals surface area contributed by atoms with Crippen LogP contribution >= 0.6 is 0 Å². The van der Waals surface area contributed by atoms with Gasteiger partial charge in [0.25, 0.3) is 5.91 Å². The van der Waals surface area contributed by atoms with E-state index in [0.29, 0.717) is 17.2 Å². The molecule has 7 heteroatoms. The van der Waals surface area contributed by atoms with Crippen molar-refractivity contribution in [3.8, 4) is 5.75 Å². The lowest BCUT2D eigenvalue weighted by Gasteiger charge is -2.23. The Morgan fingerprint density at radius 2 is 2.07 bits per heavy atom. The summed E-state index contributed by atoms with van der Waals surface area (Å²) in [5.41, 5.74) is 2.52. The van der Waals surface area contributed by atoms with E-state index >= 15 is 0 Å². The van der Waals surface area contributed by atoms with Gasteiger partial charge < -0.3 is 10.1 Å². The number of nitrogens with one attached hydrogen (secondary N) is 1. The number of carbonyl (C=O) groups excluding carboxylic acids is 1. The SMILES string of the molecule is CC(/C=C/S(C)(=O)=O)NC(=O)c1cnc(C2CC2)c2c1OC1(CCCC1)C2. The van der Waals surface area contributed by atoms with Crippen LogP contribution in [-0.4, -0.2) is 37.2 Å². The van der Waals surface area contributed by atoms with Crippen LogP contribution in [0.3, 0.4) is 0 Å². The van der Waals surface area contributed by atoms with Crippen LogP contribution in [0, 0.1) is 0 Å². The third-order valence-electron chi connectivity index (χ3n) is 5.67. The molecule has 27 heavy (non-hydrogen) atoms. The molecule has 146 valence electrons. The number of sulfone groups is 1. The average Bonchev–Trinajstić information content (AvgIpc) is 3.22. The van der Waals surface area contributed by atoms with Gasteiger partial charge in [-0.15, -0.1) is 0 Å². The van der Waals surface area contributed by atoms with Crippen LogP contribution in [0.4, 0.5) is 0 Å². The van der Waals surface area contributed by atoms with Crippen LogP contribution in [0.2, 0.25) is 0 Å². The zero-order chi connectivity index (χ0) is 19.2. The molecular weight excluding hydrogens is 364 g/mol. The quantitative estimate of drug-likeness (QED) is 0.836. The van der Waals surface area contributed by atoms with Gasteiger partial charge in [-0.2, -0.15) is 0 Å². The van der Waals surface area contributed by atoms with Gasteiger partial charge in [-0.1, -0.05) is 6.08 Å². The van der Waals surface area contributed by atoms with E-state index in [2.05, 4.69) is 10.3 Å². The Bertz CT molecular complexity index is 897. The maximum atomic E-state index is 12.8. The highest BCUT2D eigenvalue weighted by atomic mass is 32.2. The van der Waals surface area contributed by atoms with Crippen LogP contribution in [0.15, 0.2) is 17.7 Å². The van der Waals surface area contributed by atoms with Gasteiger partial charge in [-0.05, 0) is 45.4 Å². The van der Waals surface area contributed by atoms with Crippen LogP contribution in [0.25, 0.3) is 0 Å². The summed E-state index contributed by atoms with van der Waals surface area (Å²) >= 11 is 0. The monoisotopic (exact) mass is 390 g/mol. The fourth-order valence-corrected chi connectivity index (χ4v) is 4.69. The lowest BCUT2D eigenvalue weighted by Crippen LogP contribution is -2.33. The second kappa shape index (κ2) is 6.62. The van der Waals surface area contributed by atoms with E-state index in [1.807, 2.05) is 0 Å². The first kappa shape index (κ1) is 18.5. The van der Waals surface area contributed by atoms with Gasteiger partial charge in [-0.25, -0.2) is 8.42 Å². The second-order valence-corrected chi connectivity index (χ2v) is 10.2. The number of rotatable bonds is 5. The molecular formula is C20H26N2O4S. The fourth-order valence-electron chi connectivity index (χ4n) is 4.17. The second-order valence-electron chi connectivity index (χ2n) is 8.23. The van der Waals surface area contributed by atoms with Gasteiger partial charge in [-0.3, -0.25) is 9.78 Å². The van der Waals surface area contributed by atoms with Crippen molar-refractivity contribution in [1.29, 1.82) is 0 Å². The Morgan fingerprint density at radius 1 is 1.37 bits per heavy atom. The summed E-state index contributed by atoms with van der Waals surface area (Å²) in [6.45, 7) is 1.74. The molecule has 4 rings (SSSR count). The number of aromatic nitrogens is 1. The largest absolute Gasteiger partial charge is 0.486 e. The first-order valence-corrected chi connectivity index (χ1v) is 11.6. The molecule has 0 radical (unpaired) electrons. The Balaban J connectivity index is 1.60. The van der Waals surface area contributed by atoms with Crippen molar-refractivity contribution in [2.24, 2.45) is 0 Å². The lowest BCUT2D eigenvalue weighted by atomic mass is 9.93. The molecule has 2 aliphatic carbocycles. The van der Waals surface area contributed by atoms with E-state index in [4.69, 9.17) is 4.74 Å². The molecule has 0 bridgehead atoms. The third-order valence-corrected chi connectivity index (χ3v) is 6.33. The number of hydrogen-bond acceptors (Lipinski definition) is 5. The van der Waals surface area contributed by atoms with Crippen molar-refractivity contribution in [2.45, 2.75) is 69.4 Å². The normalized spacial score (nSPS) is 22.0. The van der Waals surface area contributed by atoms with E-state index in [9.17, 15) is 13.2 Å². The minimum absolute atomic E-state index is 0.161. The van der Waals surface area contributed by atoms with E-state index in [-0.39, 0.29) is 11.5 Å². The van der Waals surface area contributed by atoms with Crippen LogP contribution in [0.1, 0.15) is 73.0 Å². The van der Waals surface area contributed by atoms with Crippen LogP contribution in [-0.2, 0) is 16.3 Å². The van der Waals surface area contributed by atoms with E-state index in [1.54, 1.807) is 13.1 Å². The highest BCUT2D eigenvalue weighted by Gasteiger charge is 2.46. The Hall–Kier alpha value is -1.89. The molecule has 1 spiro atoms. The van der Waals surface area contributed by atoms with Crippen molar-refractivity contribution in [3.63, 3.8) is 0 Å². The zero-order valence-electron chi connectivity index (χ0n) is 15.8. The third kappa shape index (κ3) is 3.88. The summed E-state index contributed by atoms with van der Waals surface area (Å²) in [5.74, 6) is 0.931. The molecule has 1 N–H and O–H groups in total. The Kier molecular flexibility index (Phi) is 4.53. The predicted octanol–water partition coefficient (Wildman–Crippen LogP) is 2.88. The molecule has 1 unspecified atom stereocenters. The lowest BCUT2D eigenvalue weighted by molar-refractivity contribution is 0.0901. The average molecular weight is 391 g/mol. The van der Waals surface area contributed by atoms with E-state index < -0.39 is 15.9 Å². The summed E-state index contributed by atoms with van der Waals surface area (Å²) in [5, 5.41) is 3.94. The smallest absolute Gasteiger partial charge is 0.257 e. The van der Waals surface area contributed by atoms with Gasteiger partial charge in [0.1, 0.15) is 11.4 Å². The molecule has 1 aromatic rings. The number of amides is 1. The predicted molar refractivity (Wildman–Crippen MR) is 103 cm³/mol. The topological polar surface area (TPSA) is 85.4 Å². The molecule has 2 heterocycles. The maximum absolute atomic E-state index is 12.8. The zero-order valence-corrected chi connectivity index (χ0v) is 16.6. The highest BCUT2D eigenvalue weighted by molar-refractivity contribution is 7.93. The number of nitrogens with zero attached hydrogens (tertiary/aromatic N) is 1. The molecule has 3 aliphatic rings. The molecule has 0 saturated heterocycles. The first-order chi connectivity index (χ1) is 12.8. The molecule has 6 nitrogen and oxygen atoms in total. The van der Waals surface area contributed by atoms with Gasteiger partial charge in [0, 0.05) is 41.8 Å². The van der Waals surface area contributed by atoms with Crippen molar-refractivity contribution in [2.75, 3.05) is 6.26 Å². The Labute approximate surface area is 160 Å². The summed E-state index contributed by atoms with van der Waals surface area (Å²) in [6, 6.07) is -0.409. The van der Waals surface area contributed by atoms with Gasteiger partial charge in [0.15, 0.2) is 9.84 Å². The first-order valence-electron chi connectivity index (χ1n) is 9.66. The van der Waals surface area contributed by atoms with Crippen molar-refractivity contribution in [1.82, 2.24) is 10.3 Å². The van der Waals surface area contributed by atoms with Crippen LogP contribution in [0.5, 0.6) is 5.75 Å². The number of fused-ring (bicyclic) bond motifs is 1. The summed E-state index contributed by atoms with van der Waals surface area (Å²) in [6.07, 6.45) is 11.8. The van der Waals surface area contributed by atoms with Gasteiger partial charge in [0.05, 0.1) is 11.3 Å². The molecule has 1 aromatic heterocycles. The highest BCUT2D eigenvalue weighted by Crippen LogP contribution is 2.51. The van der Waals surface area contributed by atoms with Gasteiger partial charge >= 0.3 is 0 Å². The minimum Gasteiger partial charge on any atom is -0.486 e. The molecule has 1 atom stereocenters. The molecule has 0 aromatic carbocycles. The molecule has 2 fully saturated rings. The van der Waals surface area contributed by atoms with Crippen molar-refractivity contribution >= 4 is 15.7 Å². The van der Waals surface area contributed by atoms with Gasteiger partial charge in [0.2, 0.25) is 0 Å². The number of hydrogen-bond donors (Lipinski definition) is 1.